The van der Waals surface area contributed by atoms with Crippen molar-refractivity contribution < 1.29 is 4.74 Å². The van der Waals surface area contributed by atoms with E-state index in [1.807, 2.05) is 49.4 Å². The number of rotatable bonds is 6. The summed E-state index contributed by atoms with van der Waals surface area (Å²) in [6.07, 6.45) is 0.706. The van der Waals surface area contributed by atoms with Gasteiger partial charge in [-0.25, -0.2) is 9.66 Å². The van der Waals surface area contributed by atoms with E-state index in [0.29, 0.717) is 17.7 Å². The van der Waals surface area contributed by atoms with E-state index in [1.165, 1.54) is 5.56 Å². The van der Waals surface area contributed by atoms with Gasteiger partial charge >= 0.3 is 0 Å². The number of aryl methyl sites for hydroxylation is 1. The fraction of sp³-hybridized carbons (Fsp3) is 0.391. The molecule has 0 amide bonds. The Balaban J connectivity index is 1.88. The second-order valence-electron chi connectivity index (χ2n) is 7.69. The Morgan fingerprint density at radius 2 is 1.75 bits per heavy atom. The molecule has 0 bridgehead atoms. The number of hydrogen-bond acceptors (Lipinski definition) is 4. The number of benzene rings is 2. The smallest absolute Gasteiger partial charge is 0.280 e. The summed E-state index contributed by atoms with van der Waals surface area (Å²) in [6.45, 7) is 6.36. The monoisotopic (exact) mass is 377 g/mol. The Morgan fingerprint density at radius 1 is 1.07 bits per heavy atom. The number of ether oxygens (including phenoxy) is 1. The lowest BCUT2D eigenvalue weighted by Gasteiger charge is -2.21. The van der Waals surface area contributed by atoms with Crippen LogP contribution in [0.5, 0.6) is 0 Å². The third-order valence-corrected chi connectivity index (χ3v) is 5.60. The number of methoxy groups -OCH3 is 1. The summed E-state index contributed by atoms with van der Waals surface area (Å²) in [6, 6.07) is 18.1. The van der Waals surface area contributed by atoms with Crippen LogP contribution >= 0.6 is 0 Å². The van der Waals surface area contributed by atoms with Crippen LogP contribution in [0.3, 0.4) is 0 Å². The Bertz CT molecular complexity index is 1030. The Labute approximate surface area is 165 Å². The van der Waals surface area contributed by atoms with Crippen molar-refractivity contribution in [1.82, 2.24) is 9.66 Å². The number of nitrogens with zero attached hydrogens (tertiary/aromatic N) is 3. The summed E-state index contributed by atoms with van der Waals surface area (Å²) in [5, 5.41) is 2.81. The van der Waals surface area contributed by atoms with Gasteiger partial charge in [0, 0.05) is 13.5 Å². The molecule has 5 nitrogen and oxygen atoms in total. The van der Waals surface area contributed by atoms with Crippen molar-refractivity contribution in [3.63, 3.8) is 0 Å². The molecule has 2 heterocycles. The Hall–Kier alpha value is -2.66. The summed E-state index contributed by atoms with van der Waals surface area (Å²) in [5.41, 5.74) is 1.93. The molecule has 0 spiro atoms. The molecule has 3 aromatic rings. The van der Waals surface area contributed by atoms with Crippen molar-refractivity contribution in [2.24, 2.45) is 5.92 Å². The molecule has 1 aromatic heterocycles. The highest BCUT2D eigenvalue weighted by Gasteiger charge is 2.55. The zero-order valence-electron chi connectivity index (χ0n) is 16.9. The van der Waals surface area contributed by atoms with E-state index < -0.39 is 0 Å². The van der Waals surface area contributed by atoms with Gasteiger partial charge in [0.1, 0.15) is 5.82 Å². The molecule has 1 fully saturated rings. The lowest BCUT2D eigenvalue weighted by Crippen LogP contribution is -2.37. The highest BCUT2D eigenvalue weighted by molar-refractivity contribution is 5.77. The Kier molecular flexibility index (Phi) is 4.94. The fourth-order valence-electron chi connectivity index (χ4n) is 4.27. The number of hydrogen-bond donors (Lipinski definition) is 0. The van der Waals surface area contributed by atoms with E-state index in [2.05, 4.69) is 31.0 Å². The van der Waals surface area contributed by atoms with Gasteiger partial charge in [0.25, 0.3) is 5.56 Å². The summed E-state index contributed by atoms with van der Waals surface area (Å²) in [5.74, 6) is 1.12. The van der Waals surface area contributed by atoms with E-state index >= 15 is 0 Å². The van der Waals surface area contributed by atoms with Crippen LogP contribution in [-0.2, 0) is 11.2 Å². The molecule has 0 radical (unpaired) electrons. The minimum Gasteiger partial charge on any atom is -0.379 e. The quantitative estimate of drug-likeness (QED) is 0.615. The third-order valence-electron chi connectivity index (χ3n) is 5.60. The summed E-state index contributed by atoms with van der Waals surface area (Å²) < 4.78 is 7.65. The van der Waals surface area contributed by atoms with Crippen LogP contribution in [0.1, 0.15) is 38.2 Å². The average molecular weight is 377 g/mol. The summed E-state index contributed by atoms with van der Waals surface area (Å²) in [7, 11) is 1.76. The van der Waals surface area contributed by atoms with Crippen LogP contribution in [0.25, 0.3) is 10.9 Å². The first kappa shape index (κ1) is 18.7. The van der Waals surface area contributed by atoms with E-state index in [4.69, 9.17) is 9.72 Å². The van der Waals surface area contributed by atoms with Crippen LogP contribution in [0.4, 0.5) is 0 Å². The van der Waals surface area contributed by atoms with Crippen molar-refractivity contribution in [3.8, 4) is 0 Å². The van der Waals surface area contributed by atoms with E-state index in [-0.39, 0.29) is 23.7 Å². The van der Waals surface area contributed by atoms with Gasteiger partial charge in [-0.1, -0.05) is 63.2 Å². The first-order valence-electron chi connectivity index (χ1n) is 9.95. The van der Waals surface area contributed by atoms with Crippen molar-refractivity contribution in [2.75, 3.05) is 12.1 Å². The Morgan fingerprint density at radius 3 is 2.39 bits per heavy atom. The predicted octanol–water partition coefficient (Wildman–Crippen LogP) is 3.69. The molecule has 2 unspecified atom stereocenters. The predicted molar refractivity (Wildman–Crippen MR) is 112 cm³/mol. The molecule has 0 N–H and O–H groups in total. The minimum atomic E-state index is -0.00973. The molecular formula is C23H27N3O2. The van der Waals surface area contributed by atoms with Crippen molar-refractivity contribution >= 4 is 10.9 Å². The molecular weight excluding hydrogens is 350 g/mol. The second-order valence-corrected chi connectivity index (χ2v) is 7.69. The molecule has 146 valence electrons. The number of fused-ring (bicyclic) bond motifs is 1. The first-order chi connectivity index (χ1) is 13.6. The van der Waals surface area contributed by atoms with Gasteiger partial charge < -0.3 is 4.74 Å². The fourth-order valence-corrected chi connectivity index (χ4v) is 4.27. The van der Waals surface area contributed by atoms with Gasteiger partial charge in [-0.15, -0.1) is 0 Å². The van der Waals surface area contributed by atoms with Crippen LogP contribution in [-0.4, -0.2) is 28.9 Å². The van der Waals surface area contributed by atoms with Gasteiger partial charge in [-0.3, -0.25) is 9.80 Å². The zero-order chi connectivity index (χ0) is 19.8. The molecule has 28 heavy (non-hydrogen) atoms. The van der Waals surface area contributed by atoms with Crippen LogP contribution in [0.2, 0.25) is 0 Å². The number of para-hydroxylation sites is 1. The average Bonchev–Trinajstić information content (AvgIpc) is 3.43. The molecule has 1 aliphatic heterocycles. The maximum Gasteiger partial charge on any atom is 0.280 e. The van der Waals surface area contributed by atoms with Gasteiger partial charge in [-0.2, -0.15) is 0 Å². The van der Waals surface area contributed by atoms with Crippen LogP contribution in [0.15, 0.2) is 59.4 Å². The largest absolute Gasteiger partial charge is 0.379 e. The minimum absolute atomic E-state index is 0.00973. The lowest BCUT2D eigenvalue weighted by atomic mass is 9.99. The van der Waals surface area contributed by atoms with Crippen LogP contribution < -0.4 is 10.6 Å². The second kappa shape index (κ2) is 7.40. The van der Waals surface area contributed by atoms with Gasteiger partial charge in [0.05, 0.1) is 29.1 Å². The zero-order valence-corrected chi connectivity index (χ0v) is 16.9. The first-order valence-corrected chi connectivity index (χ1v) is 9.95. The molecule has 0 aliphatic carbocycles. The van der Waals surface area contributed by atoms with E-state index in [1.54, 1.807) is 11.8 Å². The number of aromatic nitrogens is 2. The standard InChI is InChI=1S/C23H27N3O2/c1-5-19-24-18-14-10-9-13-17(18)23(27)25(19)26-20(16-11-7-6-8-12-16)21(26)22(28-4)15(2)3/h6-15,20-22H,5H2,1-4H3/t20-,21?,22?,26?/m1/s1. The van der Waals surface area contributed by atoms with Crippen molar-refractivity contribution in [3.05, 3.63) is 76.3 Å². The molecule has 1 saturated heterocycles. The molecule has 0 saturated carbocycles. The maximum absolute atomic E-state index is 13.4. The topological polar surface area (TPSA) is 47.1 Å². The van der Waals surface area contributed by atoms with Gasteiger partial charge in [0.15, 0.2) is 0 Å². The maximum atomic E-state index is 13.4. The summed E-state index contributed by atoms with van der Waals surface area (Å²) >= 11 is 0. The lowest BCUT2D eigenvalue weighted by molar-refractivity contribution is 0.0625. The van der Waals surface area contributed by atoms with Crippen LogP contribution in [0, 0.1) is 5.92 Å². The summed E-state index contributed by atoms with van der Waals surface area (Å²) in [4.78, 5) is 18.2. The third kappa shape index (κ3) is 3.00. The SMILES string of the molecule is CCc1nc2ccccc2c(=O)n1N1C(C(OC)C(C)C)[C@H]1c1ccccc1. The normalized spacial score (nSPS) is 20.0. The van der Waals surface area contributed by atoms with Crippen molar-refractivity contribution in [2.45, 2.75) is 45.4 Å². The van der Waals surface area contributed by atoms with Gasteiger partial charge in [-0.05, 0) is 23.6 Å². The highest BCUT2D eigenvalue weighted by Crippen LogP contribution is 2.45. The van der Waals surface area contributed by atoms with Gasteiger partial charge in [0.2, 0.25) is 0 Å². The van der Waals surface area contributed by atoms with Crippen molar-refractivity contribution in [1.29, 1.82) is 0 Å². The molecule has 4 rings (SSSR count). The molecule has 3 atom stereocenters. The van der Waals surface area contributed by atoms with E-state index in [9.17, 15) is 4.79 Å². The molecule has 2 aromatic carbocycles. The molecule has 5 heteroatoms. The highest BCUT2D eigenvalue weighted by atomic mass is 16.5. The molecule has 1 aliphatic rings. The van der Waals surface area contributed by atoms with E-state index in [0.717, 1.165) is 11.3 Å².